The van der Waals surface area contributed by atoms with E-state index in [1.165, 1.54) is 31.4 Å². The van der Waals surface area contributed by atoms with E-state index >= 15 is 0 Å². The zero-order chi connectivity index (χ0) is 15.5. The van der Waals surface area contributed by atoms with Gasteiger partial charge in [0, 0.05) is 18.5 Å². The number of halogens is 1. The normalized spacial score (nSPS) is 23.5. The second kappa shape index (κ2) is 7.15. The molecule has 0 bridgehead atoms. The molecule has 120 valence electrons. The minimum absolute atomic E-state index is 0.165. The summed E-state index contributed by atoms with van der Waals surface area (Å²) in [5, 5.41) is 9.43. The molecule has 3 nitrogen and oxygen atoms in total. The second-order valence-electron chi connectivity index (χ2n) is 6.60. The Morgan fingerprint density at radius 3 is 2.67 bits per heavy atom. The summed E-state index contributed by atoms with van der Waals surface area (Å²) in [6.45, 7) is 11.0. The van der Waals surface area contributed by atoms with Crippen molar-refractivity contribution in [1.82, 2.24) is 15.1 Å². The minimum atomic E-state index is 0.165. The molecule has 0 aliphatic carbocycles. The molecule has 0 radical (unpaired) electrons. The third-order valence-electron chi connectivity index (χ3n) is 5.06. The van der Waals surface area contributed by atoms with Gasteiger partial charge in [-0.1, -0.05) is 45.2 Å². The molecule has 0 saturated carbocycles. The zero-order valence-corrected chi connectivity index (χ0v) is 14.8. The van der Waals surface area contributed by atoms with Crippen molar-refractivity contribution in [3.8, 4) is 0 Å². The van der Waals surface area contributed by atoms with Gasteiger partial charge in [-0.05, 0) is 38.6 Å². The monoisotopic (exact) mass is 311 g/mol. The Morgan fingerprint density at radius 2 is 2.05 bits per heavy atom. The van der Waals surface area contributed by atoms with Gasteiger partial charge in [0.2, 0.25) is 0 Å². The standard InChI is InChI=1S/C17H30ClN3/c1-5-14-16(18)15(21(6-2)20-14)12-17(13(3)4)10-8-7-9-11-19-17/h13,19H,5-12H2,1-4H3. The molecule has 1 unspecified atom stereocenters. The zero-order valence-electron chi connectivity index (χ0n) is 14.0. The molecule has 1 atom stereocenters. The molecule has 1 aliphatic rings. The molecular formula is C17H30ClN3. The molecular weight excluding hydrogens is 282 g/mol. The maximum Gasteiger partial charge on any atom is 0.0850 e. The third kappa shape index (κ3) is 3.45. The Kier molecular flexibility index (Phi) is 5.73. The number of rotatable bonds is 5. The van der Waals surface area contributed by atoms with Gasteiger partial charge in [0.15, 0.2) is 0 Å². The lowest BCUT2D eigenvalue weighted by atomic mass is 9.78. The van der Waals surface area contributed by atoms with Crippen molar-refractivity contribution in [2.45, 2.75) is 78.3 Å². The highest BCUT2D eigenvalue weighted by atomic mass is 35.5. The van der Waals surface area contributed by atoms with Crippen LogP contribution < -0.4 is 5.32 Å². The number of aryl methyl sites for hydroxylation is 2. The summed E-state index contributed by atoms with van der Waals surface area (Å²) in [5.74, 6) is 0.594. The average molecular weight is 312 g/mol. The second-order valence-corrected chi connectivity index (χ2v) is 6.98. The van der Waals surface area contributed by atoms with Crippen LogP contribution in [0.2, 0.25) is 5.02 Å². The van der Waals surface area contributed by atoms with Crippen molar-refractivity contribution in [1.29, 1.82) is 0 Å². The third-order valence-corrected chi connectivity index (χ3v) is 5.50. The number of nitrogens with one attached hydrogen (secondary N) is 1. The van der Waals surface area contributed by atoms with Crippen LogP contribution >= 0.6 is 11.6 Å². The van der Waals surface area contributed by atoms with E-state index < -0.39 is 0 Å². The van der Waals surface area contributed by atoms with Gasteiger partial charge in [-0.25, -0.2) is 0 Å². The maximum absolute atomic E-state index is 6.62. The smallest absolute Gasteiger partial charge is 0.0850 e. The first-order chi connectivity index (χ1) is 10.0. The van der Waals surface area contributed by atoms with Crippen molar-refractivity contribution in [2.24, 2.45) is 5.92 Å². The fraction of sp³-hybridized carbons (Fsp3) is 0.824. The average Bonchev–Trinajstić information content (AvgIpc) is 2.66. The summed E-state index contributed by atoms with van der Waals surface area (Å²) >= 11 is 6.62. The largest absolute Gasteiger partial charge is 0.311 e. The van der Waals surface area contributed by atoms with Gasteiger partial charge in [0.25, 0.3) is 0 Å². The van der Waals surface area contributed by atoms with Gasteiger partial charge < -0.3 is 5.32 Å². The predicted molar refractivity (Wildman–Crippen MR) is 90.0 cm³/mol. The number of aromatic nitrogens is 2. The topological polar surface area (TPSA) is 29.9 Å². The Hall–Kier alpha value is -0.540. The lowest BCUT2D eigenvalue weighted by Gasteiger charge is -2.38. The van der Waals surface area contributed by atoms with Gasteiger partial charge in [-0.15, -0.1) is 0 Å². The Bertz CT molecular complexity index is 457. The molecule has 2 rings (SSSR count). The first-order valence-electron chi connectivity index (χ1n) is 8.53. The van der Waals surface area contributed by atoms with Crippen LogP contribution in [0, 0.1) is 5.92 Å². The molecule has 4 heteroatoms. The molecule has 2 heterocycles. The first kappa shape index (κ1) is 16.8. The van der Waals surface area contributed by atoms with Gasteiger partial charge in [0.05, 0.1) is 16.4 Å². The molecule has 1 aliphatic heterocycles. The fourth-order valence-electron chi connectivity index (χ4n) is 3.50. The number of hydrogen-bond donors (Lipinski definition) is 1. The molecule has 0 amide bonds. The molecule has 1 saturated heterocycles. The van der Waals surface area contributed by atoms with E-state index in [2.05, 4.69) is 42.8 Å². The molecule has 1 aromatic heterocycles. The summed E-state index contributed by atoms with van der Waals surface area (Å²) in [6, 6.07) is 0. The van der Waals surface area contributed by atoms with Gasteiger partial charge in [-0.2, -0.15) is 5.10 Å². The fourth-order valence-corrected chi connectivity index (χ4v) is 3.84. The molecule has 0 aromatic carbocycles. The lowest BCUT2D eigenvalue weighted by Crippen LogP contribution is -2.51. The van der Waals surface area contributed by atoms with Crippen LogP contribution in [-0.4, -0.2) is 21.9 Å². The van der Waals surface area contributed by atoms with Crippen molar-refractivity contribution < 1.29 is 0 Å². The number of hydrogen-bond acceptors (Lipinski definition) is 2. The summed E-state index contributed by atoms with van der Waals surface area (Å²) in [6.07, 6.45) is 7.06. The molecule has 0 spiro atoms. The SMILES string of the molecule is CCc1nn(CC)c(CC2(C(C)C)CCCCCN2)c1Cl. The van der Waals surface area contributed by atoms with Gasteiger partial charge >= 0.3 is 0 Å². The van der Waals surface area contributed by atoms with E-state index in [1.54, 1.807) is 0 Å². The van der Waals surface area contributed by atoms with E-state index in [-0.39, 0.29) is 5.54 Å². The van der Waals surface area contributed by atoms with E-state index in [0.717, 1.165) is 36.6 Å². The molecule has 1 fully saturated rings. The van der Waals surface area contributed by atoms with E-state index in [9.17, 15) is 0 Å². The maximum atomic E-state index is 6.62. The van der Waals surface area contributed by atoms with E-state index in [0.29, 0.717) is 5.92 Å². The van der Waals surface area contributed by atoms with Gasteiger partial charge in [-0.3, -0.25) is 4.68 Å². The Labute approximate surface area is 134 Å². The van der Waals surface area contributed by atoms with Crippen LogP contribution in [0.15, 0.2) is 0 Å². The highest BCUT2D eigenvalue weighted by Gasteiger charge is 2.36. The molecule has 1 aromatic rings. The minimum Gasteiger partial charge on any atom is -0.311 e. The van der Waals surface area contributed by atoms with Gasteiger partial charge in [0.1, 0.15) is 0 Å². The summed E-state index contributed by atoms with van der Waals surface area (Å²) in [7, 11) is 0. The van der Waals surface area contributed by atoms with Crippen LogP contribution in [-0.2, 0) is 19.4 Å². The Balaban J connectivity index is 2.34. The number of nitrogens with zero attached hydrogens (tertiary/aromatic N) is 2. The highest BCUT2D eigenvalue weighted by Crippen LogP contribution is 2.33. The van der Waals surface area contributed by atoms with Crippen molar-refractivity contribution in [3.63, 3.8) is 0 Å². The van der Waals surface area contributed by atoms with Crippen LogP contribution in [0.1, 0.15) is 64.8 Å². The van der Waals surface area contributed by atoms with Crippen LogP contribution in [0.4, 0.5) is 0 Å². The van der Waals surface area contributed by atoms with Crippen molar-refractivity contribution >= 4 is 11.6 Å². The first-order valence-corrected chi connectivity index (χ1v) is 8.91. The van der Waals surface area contributed by atoms with E-state index in [4.69, 9.17) is 11.6 Å². The lowest BCUT2D eigenvalue weighted by molar-refractivity contribution is 0.221. The van der Waals surface area contributed by atoms with Crippen LogP contribution in [0.5, 0.6) is 0 Å². The predicted octanol–water partition coefficient (Wildman–Crippen LogP) is 4.22. The quantitative estimate of drug-likeness (QED) is 0.882. The summed E-state index contributed by atoms with van der Waals surface area (Å²) in [5.41, 5.74) is 2.43. The summed E-state index contributed by atoms with van der Waals surface area (Å²) < 4.78 is 2.11. The highest BCUT2D eigenvalue weighted by molar-refractivity contribution is 6.31. The molecule has 21 heavy (non-hydrogen) atoms. The van der Waals surface area contributed by atoms with Crippen molar-refractivity contribution in [3.05, 3.63) is 16.4 Å². The molecule has 1 N–H and O–H groups in total. The van der Waals surface area contributed by atoms with Crippen molar-refractivity contribution in [2.75, 3.05) is 6.54 Å². The van der Waals surface area contributed by atoms with Crippen LogP contribution in [0.25, 0.3) is 0 Å². The van der Waals surface area contributed by atoms with E-state index in [1.807, 2.05) is 0 Å². The summed E-state index contributed by atoms with van der Waals surface area (Å²) in [4.78, 5) is 0. The Morgan fingerprint density at radius 1 is 1.29 bits per heavy atom. The van der Waals surface area contributed by atoms with Crippen LogP contribution in [0.3, 0.4) is 0 Å².